The Morgan fingerprint density at radius 1 is 0.931 bits per heavy atom. The van der Waals surface area contributed by atoms with Crippen molar-refractivity contribution in [2.75, 3.05) is 6.54 Å². The highest BCUT2D eigenvalue weighted by molar-refractivity contribution is 5.87. The van der Waals surface area contributed by atoms with Gasteiger partial charge in [0.25, 0.3) is 0 Å². The fourth-order valence-electron chi connectivity index (χ4n) is 4.98. The van der Waals surface area contributed by atoms with E-state index >= 15 is 0 Å². The van der Waals surface area contributed by atoms with Crippen LogP contribution >= 0.6 is 0 Å². The maximum atomic E-state index is 3.81. The van der Waals surface area contributed by atoms with Gasteiger partial charge in [0, 0.05) is 22.5 Å². The van der Waals surface area contributed by atoms with Crippen molar-refractivity contribution < 1.29 is 0 Å². The predicted molar refractivity (Wildman–Crippen MR) is 124 cm³/mol. The Labute approximate surface area is 173 Å². The Morgan fingerprint density at radius 3 is 2.55 bits per heavy atom. The predicted octanol–water partition coefficient (Wildman–Crippen LogP) is 6.61. The zero-order valence-electron chi connectivity index (χ0n) is 17.8. The van der Waals surface area contributed by atoms with Crippen molar-refractivity contribution in [3.8, 4) is 0 Å². The van der Waals surface area contributed by atoms with Crippen LogP contribution in [0.25, 0.3) is 21.7 Å². The van der Waals surface area contributed by atoms with Gasteiger partial charge in [-0.3, -0.25) is 0 Å². The summed E-state index contributed by atoms with van der Waals surface area (Å²) in [4.78, 5) is 3.78. The molecule has 4 aromatic rings. The van der Waals surface area contributed by atoms with Crippen LogP contribution in [0.5, 0.6) is 0 Å². The highest BCUT2D eigenvalue weighted by Gasteiger charge is 2.30. The largest absolute Gasteiger partial charge is 0.357 e. The van der Waals surface area contributed by atoms with Crippen LogP contribution in [0.1, 0.15) is 62.0 Å². The SMILES string of the molecule is CC(c1cccc2ccccc12)C1NCCc2c1[nH]c1ccc(C(C)(C)C)cc21. The van der Waals surface area contributed by atoms with E-state index in [0.717, 1.165) is 13.0 Å². The van der Waals surface area contributed by atoms with Crippen molar-refractivity contribution >= 4 is 21.7 Å². The Morgan fingerprint density at radius 2 is 1.72 bits per heavy atom. The van der Waals surface area contributed by atoms with Crippen molar-refractivity contribution in [2.24, 2.45) is 0 Å². The lowest BCUT2D eigenvalue weighted by atomic mass is 9.83. The van der Waals surface area contributed by atoms with Gasteiger partial charge in [-0.15, -0.1) is 0 Å². The zero-order valence-corrected chi connectivity index (χ0v) is 17.8. The maximum absolute atomic E-state index is 3.81. The molecule has 5 rings (SSSR count). The third kappa shape index (κ3) is 3.07. The molecule has 0 radical (unpaired) electrons. The molecule has 2 atom stereocenters. The quantitative estimate of drug-likeness (QED) is 0.401. The molecule has 0 amide bonds. The van der Waals surface area contributed by atoms with Crippen molar-refractivity contribution in [3.63, 3.8) is 0 Å². The molecule has 148 valence electrons. The summed E-state index contributed by atoms with van der Waals surface area (Å²) in [5.74, 6) is 0.385. The minimum atomic E-state index is 0.168. The molecule has 1 aliphatic heterocycles. The highest BCUT2D eigenvalue weighted by Crippen LogP contribution is 2.40. The lowest BCUT2D eigenvalue weighted by molar-refractivity contribution is 0.440. The lowest BCUT2D eigenvalue weighted by Gasteiger charge is -2.30. The molecule has 2 heterocycles. The van der Waals surface area contributed by atoms with E-state index in [1.807, 2.05) is 0 Å². The molecule has 1 aliphatic rings. The molecule has 2 N–H and O–H groups in total. The van der Waals surface area contributed by atoms with Gasteiger partial charge in [-0.1, -0.05) is 76.2 Å². The maximum Gasteiger partial charge on any atom is 0.0543 e. The summed E-state index contributed by atoms with van der Waals surface area (Å²) in [6.07, 6.45) is 1.09. The third-order valence-corrected chi connectivity index (χ3v) is 6.67. The van der Waals surface area contributed by atoms with E-state index in [9.17, 15) is 0 Å². The van der Waals surface area contributed by atoms with E-state index in [1.165, 1.54) is 44.1 Å². The molecular weight excluding hydrogens is 352 g/mol. The van der Waals surface area contributed by atoms with E-state index in [-0.39, 0.29) is 5.41 Å². The first-order valence-electron chi connectivity index (χ1n) is 10.8. The molecule has 1 aromatic heterocycles. The molecule has 0 spiro atoms. The van der Waals surface area contributed by atoms with Gasteiger partial charge in [0.15, 0.2) is 0 Å². The second-order valence-electron chi connectivity index (χ2n) is 9.57. The average Bonchev–Trinajstić information content (AvgIpc) is 3.10. The number of rotatable bonds is 2. The van der Waals surface area contributed by atoms with Crippen molar-refractivity contribution in [1.29, 1.82) is 0 Å². The first kappa shape index (κ1) is 18.4. The summed E-state index contributed by atoms with van der Waals surface area (Å²) >= 11 is 0. The molecule has 0 fully saturated rings. The van der Waals surface area contributed by atoms with Gasteiger partial charge in [-0.05, 0) is 58.0 Å². The third-order valence-electron chi connectivity index (χ3n) is 6.67. The van der Waals surface area contributed by atoms with Gasteiger partial charge >= 0.3 is 0 Å². The molecule has 0 saturated heterocycles. The molecule has 3 aromatic carbocycles. The fraction of sp³-hybridized carbons (Fsp3) is 0.333. The summed E-state index contributed by atoms with van der Waals surface area (Å²) in [6.45, 7) is 10.3. The van der Waals surface area contributed by atoms with Gasteiger partial charge in [0.1, 0.15) is 0 Å². The lowest BCUT2D eigenvalue weighted by Crippen LogP contribution is -2.33. The number of aromatic amines is 1. The van der Waals surface area contributed by atoms with Crippen LogP contribution in [0, 0.1) is 0 Å². The Kier molecular flexibility index (Phi) is 4.29. The second kappa shape index (κ2) is 6.74. The summed E-state index contributed by atoms with van der Waals surface area (Å²) in [5.41, 5.74) is 7.13. The zero-order chi connectivity index (χ0) is 20.2. The summed E-state index contributed by atoms with van der Waals surface area (Å²) in [7, 11) is 0. The van der Waals surface area contributed by atoms with Crippen LogP contribution in [0.15, 0.2) is 60.7 Å². The van der Waals surface area contributed by atoms with Crippen molar-refractivity contribution in [3.05, 3.63) is 83.0 Å². The Hall–Kier alpha value is -2.58. The molecule has 29 heavy (non-hydrogen) atoms. The van der Waals surface area contributed by atoms with E-state index in [2.05, 4.69) is 98.7 Å². The van der Waals surface area contributed by atoms with E-state index in [1.54, 1.807) is 0 Å². The second-order valence-corrected chi connectivity index (χ2v) is 9.57. The summed E-state index contributed by atoms with van der Waals surface area (Å²) < 4.78 is 0. The van der Waals surface area contributed by atoms with E-state index in [0.29, 0.717) is 12.0 Å². The van der Waals surface area contributed by atoms with E-state index < -0.39 is 0 Å². The summed E-state index contributed by atoms with van der Waals surface area (Å²) in [5, 5.41) is 7.90. The van der Waals surface area contributed by atoms with Crippen LogP contribution in [0.3, 0.4) is 0 Å². The number of nitrogens with one attached hydrogen (secondary N) is 2. The first-order chi connectivity index (χ1) is 13.9. The monoisotopic (exact) mass is 382 g/mol. The van der Waals surface area contributed by atoms with Crippen molar-refractivity contribution in [1.82, 2.24) is 10.3 Å². The Bertz CT molecular complexity index is 1190. The smallest absolute Gasteiger partial charge is 0.0543 e. The molecule has 0 saturated carbocycles. The molecular formula is C27H30N2. The van der Waals surface area contributed by atoms with Crippen LogP contribution < -0.4 is 5.32 Å². The van der Waals surface area contributed by atoms with Gasteiger partial charge in [-0.25, -0.2) is 0 Å². The van der Waals surface area contributed by atoms with Gasteiger partial charge in [-0.2, -0.15) is 0 Å². The summed E-state index contributed by atoms with van der Waals surface area (Å²) in [6, 6.07) is 22.7. The molecule has 0 aliphatic carbocycles. The topological polar surface area (TPSA) is 27.8 Å². The van der Waals surface area contributed by atoms with Gasteiger partial charge in [0.05, 0.1) is 6.04 Å². The Balaban J connectivity index is 1.62. The molecule has 2 nitrogen and oxygen atoms in total. The average molecular weight is 383 g/mol. The molecule has 2 unspecified atom stereocenters. The minimum Gasteiger partial charge on any atom is -0.357 e. The highest BCUT2D eigenvalue weighted by atomic mass is 15.0. The van der Waals surface area contributed by atoms with Crippen LogP contribution in [-0.2, 0) is 11.8 Å². The van der Waals surface area contributed by atoms with Crippen LogP contribution in [0.4, 0.5) is 0 Å². The van der Waals surface area contributed by atoms with Crippen molar-refractivity contribution in [2.45, 2.75) is 51.5 Å². The molecule has 0 bridgehead atoms. The van der Waals surface area contributed by atoms with Crippen LogP contribution in [-0.4, -0.2) is 11.5 Å². The first-order valence-corrected chi connectivity index (χ1v) is 10.8. The number of hydrogen-bond acceptors (Lipinski definition) is 1. The van der Waals surface area contributed by atoms with Crippen LogP contribution in [0.2, 0.25) is 0 Å². The number of hydrogen-bond donors (Lipinski definition) is 2. The number of aromatic nitrogens is 1. The minimum absolute atomic E-state index is 0.168. The number of fused-ring (bicyclic) bond motifs is 4. The van der Waals surface area contributed by atoms with Gasteiger partial charge in [0.2, 0.25) is 0 Å². The molecule has 2 heteroatoms. The fourth-order valence-corrected chi connectivity index (χ4v) is 4.98. The standard InChI is InChI=1S/C27H30N2/c1-17(20-11-7-9-18-8-5-6-10-21(18)20)25-26-22(14-15-28-25)23-16-19(27(2,3)4)12-13-24(23)29-26/h5-13,16-17,25,28-29H,14-15H2,1-4H3. The number of H-pyrrole nitrogens is 1. The normalized spacial score (nSPS) is 18.1. The van der Waals surface area contributed by atoms with E-state index in [4.69, 9.17) is 0 Å². The number of benzene rings is 3. The van der Waals surface area contributed by atoms with Gasteiger partial charge < -0.3 is 10.3 Å².